The predicted molar refractivity (Wildman–Crippen MR) is 134 cm³/mol. The van der Waals surface area contributed by atoms with Crippen molar-refractivity contribution in [3.8, 4) is 5.75 Å². The van der Waals surface area contributed by atoms with E-state index in [0.29, 0.717) is 37.4 Å². The Morgan fingerprint density at radius 2 is 1.68 bits per heavy atom. The number of benzene rings is 2. The number of sulfonamides is 1. The first-order chi connectivity index (χ1) is 16.2. The molecule has 1 N–H and O–H groups in total. The van der Waals surface area contributed by atoms with Crippen LogP contribution >= 0.6 is 0 Å². The van der Waals surface area contributed by atoms with Crippen LogP contribution in [0.15, 0.2) is 54.6 Å². The summed E-state index contributed by atoms with van der Waals surface area (Å²) in [6.07, 6.45) is 2.00. The Morgan fingerprint density at radius 1 is 1.03 bits per heavy atom. The summed E-state index contributed by atoms with van der Waals surface area (Å²) in [6.45, 7) is 4.61. The van der Waals surface area contributed by atoms with Gasteiger partial charge in [-0.15, -0.1) is 0 Å². The minimum Gasteiger partial charge on any atom is -0.495 e. The van der Waals surface area contributed by atoms with Crippen LogP contribution in [0.3, 0.4) is 0 Å². The fraction of sp³-hybridized carbons (Fsp3) is 0.440. The fourth-order valence-corrected chi connectivity index (χ4v) is 4.78. The van der Waals surface area contributed by atoms with Crippen LogP contribution in [-0.2, 0) is 26.2 Å². The van der Waals surface area contributed by atoms with Gasteiger partial charge in [-0.3, -0.25) is 13.9 Å². The van der Waals surface area contributed by atoms with Crippen LogP contribution in [0.4, 0.5) is 5.69 Å². The van der Waals surface area contributed by atoms with Gasteiger partial charge in [-0.2, -0.15) is 0 Å². The van der Waals surface area contributed by atoms with Crippen LogP contribution in [0.1, 0.15) is 38.7 Å². The van der Waals surface area contributed by atoms with Gasteiger partial charge in [0.15, 0.2) is 0 Å². The molecule has 0 fully saturated rings. The molecule has 0 aliphatic carbocycles. The number of carbonyl (C=O) groups excluding carboxylic acids is 2. The zero-order chi connectivity index (χ0) is 25.1. The molecule has 0 aliphatic heterocycles. The second kappa shape index (κ2) is 13.0. The van der Waals surface area contributed by atoms with Gasteiger partial charge in [0.05, 0.1) is 19.1 Å². The molecule has 9 heteroatoms. The third kappa shape index (κ3) is 7.48. The highest BCUT2D eigenvalue weighted by Crippen LogP contribution is 2.29. The van der Waals surface area contributed by atoms with Crippen molar-refractivity contribution >= 4 is 27.5 Å². The third-order valence-electron chi connectivity index (χ3n) is 5.44. The van der Waals surface area contributed by atoms with Gasteiger partial charge in [0.25, 0.3) is 0 Å². The van der Waals surface area contributed by atoms with Crippen molar-refractivity contribution in [2.24, 2.45) is 0 Å². The summed E-state index contributed by atoms with van der Waals surface area (Å²) in [5.41, 5.74) is 1.35. The number of nitrogens with zero attached hydrogens (tertiary/aromatic N) is 2. The van der Waals surface area contributed by atoms with Crippen molar-refractivity contribution in [1.82, 2.24) is 10.2 Å². The molecule has 0 spiro atoms. The summed E-state index contributed by atoms with van der Waals surface area (Å²) in [7, 11) is -2.11. The molecule has 0 aliphatic rings. The van der Waals surface area contributed by atoms with E-state index in [2.05, 4.69) is 5.32 Å². The summed E-state index contributed by atoms with van der Waals surface area (Å²) in [4.78, 5) is 27.6. The summed E-state index contributed by atoms with van der Waals surface area (Å²) in [6, 6.07) is 15.8. The number of likely N-dealkylation sites (N-methyl/N-ethyl adjacent to an activating group) is 1. The lowest BCUT2D eigenvalue weighted by molar-refractivity contribution is -0.141. The highest BCUT2D eigenvalue weighted by Gasteiger charge is 2.28. The summed E-state index contributed by atoms with van der Waals surface area (Å²) in [5, 5.41) is 2.81. The Balaban J connectivity index is 2.20. The van der Waals surface area contributed by atoms with Crippen LogP contribution in [0.5, 0.6) is 5.75 Å². The van der Waals surface area contributed by atoms with Gasteiger partial charge in [-0.1, -0.05) is 49.4 Å². The lowest BCUT2D eigenvalue weighted by Gasteiger charge is -2.31. The Hall–Kier alpha value is -3.07. The number of carbonyl (C=O) groups is 2. The number of para-hydroxylation sites is 2. The number of anilines is 1. The Labute approximate surface area is 202 Å². The standard InChI is InChI=1S/C25H35N3O5S/c1-5-21(25(30)26-6-2)27(19-20-13-8-7-9-14-20)24(29)17-12-18-28(34(4,31)32)22-15-10-11-16-23(22)33-3/h7-11,13-16,21H,5-6,12,17-19H2,1-4H3,(H,26,30)/t21-/m0/s1. The molecule has 0 unspecified atom stereocenters. The average molecular weight is 490 g/mol. The highest BCUT2D eigenvalue weighted by atomic mass is 32.2. The van der Waals surface area contributed by atoms with Gasteiger partial charge in [0.1, 0.15) is 11.8 Å². The number of hydrogen-bond donors (Lipinski definition) is 1. The molecule has 34 heavy (non-hydrogen) atoms. The second-order valence-electron chi connectivity index (χ2n) is 7.94. The van der Waals surface area contributed by atoms with Gasteiger partial charge < -0.3 is 15.0 Å². The summed E-state index contributed by atoms with van der Waals surface area (Å²) in [5.74, 6) is 0.0451. The molecule has 186 valence electrons. The quantitative estimate of drug-likeness (QED) is 0.466. The second-order valence-corrected chi connectivity index (χ2v) is 9.84. The van der Waals surface area contributed by atoms with Gasteiger partial charge in [0, 0.05) is 26.1 Å². The molecule has 0 saturated carbocycles. The number of ether oxygens (including phenoxy) is 1. The predicted octanol–water partition coefficient (Wildman–Crippen LogP) is 3.18. The maximum atomic E-state index is 13.3. The van der Waals surface area contributed by atoms with E-state index >= 15 is 0 Å². The first-order valence-corrected chi connectivity index (χ1v) is 13.3. The van der Waals surface area contributed by atoms with E-state index in [0.717, 1.165) is 11.8 Å². The normalized spacial score (nSPS) is 12.0. The van der Waals surface area contributed by atoms with Crippen molar-refractivity contribution in [2.45, 2.75) is 45.7 Å². The number of nitrogens with one attached hydrogen (secondary N) is 1. The molecule has 8 nitrogen and oxygen atoms in total. The molecule has 0 radical (unpaired) electrons. The van der Waals surface area contributed by atoms with E-state index in [4.69, 9.17) is 4.74 Å². The molecule has 0 bridgehead atoms. The SMILES string of the molecule is CCNC(=O)[C@H](CC)N(Cc1ccccc1)C(=O)CCCN(c1ccccc1OC)S(C)(=O)=O. The molecule has 2 rings (SSSR count). The van der Waals surface area contributed by atoms with E-state index in [1.165, 1.54) is 11.4 Å². The van der Waals surface area contributed by atoms with Crippen molar-refractivity contribution in [1.29, 1.82) is 0 Å². The van der Waals surface area contributed by atoms with Crippen LogP contribution < -0.4 is 14.4 Å². The lowest BCUT2D eigenvalue weighted by Crippen LogP contribution is -2.49. The number of methoxy groups -OCH3 is 1. The van der Waals surface area contributed by atoms with Crippen LogP contribution in [0.2, 0.25) is 0 Å². The highest BCUT2D eigenvalue weighted by molar-refractivity contribution is 7.92. The summed E-state index contributed by atoms with van der Waals surface area (Å²) >= 11 is 0. The van der Waals surface area contributed by atoms with E-state index in [1.807, 2.05) is 44.2 Å². The largest absolute Gasteiger partial charge is 0.495 e. The minimum atomic E-state index is -3.59. The van der Waals surface area contributed by atoms with Crippen molar-refractivity contribution in [2.75, 3.05) is 30.8 Å². The first kappa shape index (κ1) is 27.2. The minimum absolute atomic E-state index is 0.101. The van der Waals surface area contributed by atoms with Gasteiger partial charge in [-0.05, 0) is 37.5 Å². The molecule has 2 aromatic rings. The smallest absolute Gasteiger partial charge is 0.242 e. The Kier molecular flexibility index (Phi) is 10.4. The maximum absolute atomic E-state index is 13.3. The van der Waals surface area contributed by atoms with Crippen LogP contribution in [-0.4, -0.2) is 57.6 Å². The topological polar surface area (TPSA) is 96.0 Å². The lowest BCUT2D eigenvalue weighted by atomic mass is 10.1. The first-order valence-electron chi connectivity index (χ1n) is 11.4. The fourth-order valence-electron chi connectivity index (χ4n) is 3.81. The van der Waals surface area contributed by atoms with Crippen molar-refractivity contribution in [3.63, 3.8) is 0 Å². The molecule has 2 aromatic carbocycles. The molecule has 0 saturated heterocycles. The molecule has 2 amide bonds. The van der Waals surface area contributed by atoms with Gasteiger partial charge in [0.2, 0.25) is 21.8 Å². The van der Waals surface area contributed by atoms with Crippen LogP contribution in [0.25, 0.3) is 0 Å². The molecule has 1 atom stereocenters. The van der Waals surface area contributed by atoms with Crippen molar-refractivity contribution in [3.05, 3.63) is 60.2 Å². The molecular formula is C25H35N3O5S. The number of amides is 2. The van der Waals surface area contributed by atoms with E-state index in [-0.39, 0.29) is 24.8 Å². The number of rotatable bonds is 13. The van der Waals surface area contributed by atoms with Gasteiger partial charge >= 0.3 is 0 Å². The monoisotopic (exact) mass is 489 g/mol. The Bertz CT molecular complexity index is 1040. The average Bonchev–Trinajstić information content (AvgIpc) is 2.81. The summed E-state index contributed by atoms with van der Waals surface area (Å²) < 4.78 is 31.6. The third-order valence-corrected chi connectivity index (χ3v) is 6.62. The zero-order valence-corrected chi connectivity index (χ0v) is 21.2. The van der Waals surface area contributed by atoms with E-state index in [9.17, 15) is 18.0 Å². The van der Waals surface area contributed by atoms with Gasteiger partial charge in [-0.25, -0.2) is 8.42 Å². The molecule has 0 heterocycles. The molecule has 0 aromatic heterocycles. The van der Waals surface area contributed by atoms with E-state index < -0.39 is 16.1 Å². The van der Waals surface area contributed by atoms with E-state index in [1.54, 1.807) is 29.2 Å². The maximum Gasteiger partial charge on any atom is 0.242 e. The van der Waals surface area contributed by atoms with Crippen LogP contribution in [0, 0.1) is 0 Å². The van der Waals surface area contributed by atoms with Crippen molar-refractivity contribution < 1.29 is 22.7 Å². The molecular weight excluding hydrogens is 454 g/mol. The Morgan fingerprint density at radius 3 is 2.26 bits per heavy atom. The number of hydrogen-bond acceptors (Lipinski definition) is 5. The zero-order valence-electron chi connectivity index (χ0n) is 20.4.